The van der Waals surface area contributed by atoms with Crippen LogP contribution in [0.25, 0.3) is 0 Å². The van der Waals surface area contributed by atoms with Gasteiger partial charge in [0.05, 0.1) is 25.3 Å². The number of aromatic nitrogens is 1. The van der Waals surface area contributed by atoms with E-state index < -0.39 is 0 Å². The molecule has 2 N–H and O–H groups in total. The molecule has 1 aromatic heterocycles. The molecular weight excluding hydrogens is 276 g/mol. The topological polar surface area (TPSA) is 63.6 Å². The Labute approximate surface area is 122 Å². The molecule has 0 saturated heterocycles. The zero-order valence-corrected chi connectivity index (χ0v) is 12.3. The molecule has 5 nitrogen and oxygen atoms in total. The van der Waals surface area contributed by atoms with Crippen molar-refractivity contribution in [1.82, 2.24) is 4.98 Å². The molecule has 1 aromatic carbocycles. The first kappa shape index (κ1) is 14.6. The molecular formula is C14H18N2O3S. The van der Waals surface area contributed by atoms with E-state index in [4.69, 9.17) is 14.6 Å². The number of nitrogens with one attached hydrogen (secondary N) is 1. The number of hydrogen-bond donors (Lipinski definition) is 2. The van der Waals surface area contributed by atoms with E-state index in [1.807, 2.05) is 29.9 Å². The Bertz CT molecular complexity index is 531. The lowest BCUT2D eigenvalue weighted by atomic mass is 10.2. The number of hydrogen-bond acceptors (Lipinski definition) is 6. The second kappa shape index (κ2) is 7.12. The molecule has 0 bridgehead atoms. The van der Waals surface area contributed by atoms with Gasteiger partial charge in [-0.25, -0.2) is 0 Å². The predicted molar refractivity (Wildman–Crippen MR) is 79.7 cm³/mol. The highest BCUT2D eigenvalue weighted by molar-refractivity contribution is 7.09. The van der Waals surface area contributed by atoms with Gasteiger partial charge in [-0.1, -0.05) is 0 Å². The van der Waals surface area contributed by atoms with Crippen LogP contribution < -0.4 is 14.8 Å². The Kier molecular flexibility index (Phi) is 5.20. The van der Waals surface area contributed by atoms with Crippen molar-refractivity contribution >= 4 is 17.0 Å². The van der Waals surface area contributed by atoms with Crippen LogP contribution in [-0.2, 0) is 0 Å². The van der Waals surface area contributed by atoms with Crippen LogP contribution in [0.3, 0.4) is 0 Å². The SMILES string of the molecule is COc1ccc(NC(C)c2cncs2)cc1OCCO. The molecule has 6 heteroatoms. The van der Waals surface area contributed by atoms with E-state index in [1.54, 1.807) is 18.4 Å². The Morgan fingerprint density at radius 1 is 1.40 bits per heavy atom. The Morgan fingerprint density at radius 3 is 2.90 bits per heavy atom. The minimum Gasteiger partial charge on any atom is -0.493 e. The molecule has 0 amide bonds. The summed E-state index contributed by atoms with van der Waals surface area (Å²) in [7, 11) is 1.59. The van der Waals surface area contributed by atoms with Crippen molar-refractivity contribution in [2.75, 3.05) is 25.6 Å². The molecule has 0 spiro atoms. The van der Waals surface area contributed by atoms with Crippen molar-refractivity contribution in [2.45, 2.75) is 13.0 Å². The van der Waals surface area contributed by atoms with Crippen LogP contribution in [0.15, 0.2) is 29.9 Å². The van der Waals surface area contributed by atoms with Crippen molar-refractivity contribution in [3.63, 3.8) is 0 Å². The highest BCUT2D eigenvalue weighted by atomic mass is 32.1. The lowest BCUT2D eigenvalue weighted by molar-refractivity contribution is 0.196. The largest absolute Gasteiger partial charge is 0.493 e. The molecule has 0 aliphatic heterocycles. The van der Waals surface area contributed by atoms with Gasteiger partial charge in [0.2, 0.25) is 0 Å². The highest BCUT2D eigenvalue weighted by Gasteiger charge is 2.10. The maximum absolute atomic E-state index is 8.84. The zero-order valence-electron chi connectivity index (χ0n) is 11.5. The van der Waals surface area contributed by atoms with Gasteiger partial charge in [-0.15, -0.1) is 11.3 Å². The number of anilines is 1. The summed E-state index contributed by atoms with van der Waals surface area (Å²) in [6.07, 6.45) is 1.86. The summed E-state index contributed by atoms with van der Waals surface area (Å²) in [6, 6.07) is 5.81. The molecule has 20 heavy (non-hydrogen) atoms. The Balaban J connectivity index is 2.11. The molecule has 0 aliphatic carbocycles. The van der Waals surface area contributed by atoms with Gasteiger partial charge in [0, 0.05) is 22.8 Å². The fourth-order valence-corrected chi connectivity index (χ4v) is 2.42. The van der Waals surface area contributed by atoms with Crippen LogP contribution in [-0.4, -0.2) is 30.4 Å². The average molecular weight is 294 g/mol. The lowest BCUT2D eigenvalue weighted by Crippen LogP contribution is -2.07. The number of nitrogens with zero attached hydrogens (tertiary/aromatic N) is 1. The summed E-state index contributed by atoms with van der Waals surface area (Å²) in [6.45, 7) is 2.29. The van der Waals surface area contributed by atoms with Gasteiger partial charge in [0.1, 0.15) is 6.61 Å². The van der Waals surface area contributed by atoms with Crippen molar-refractivity contribution < 1.29 is 14.6 Å². The average Bonchev–Trinajstić information content (AvgIpc) is 2.99. The molecule has 2 rings (SSSR count). The number of ether oxygens (including phenoxy) is 2. The van der Waals surface area contributed by atoms with E-state index in [2.05, 4.69) is 17.2 Å². The fraction of sp³-hybridized carbons (Fsp3) is 0.357. The van der Waals surface area contributed by atoms with E-state index in [9.17, 15) is 0 Å². The summed E-state index contributed by atoms with van der Waals surface area (Å²) >= 11 is 1.61. The van der Waals surface area contributed by atoms with Crippen LogP contribution >= 0.6 is 11.3 Å². The summed E-state index contributed by atoms with van der Waals surface area (Å²) < 4.78 is 10.7. The first-order valence-corrected chi connectivity index (χ1v) is 7.19. The molecule has 2 aromatic rings. The Hall–Kier alpha value is -1.79. The lowest BCUT2D eigenvalue weighted by Gasteiger charge is -2.16. The maximum atomic E-state index is 8.84. The van der Waals surface area contributed by atoms with Crippen molar-refractivity contribution in [2.24, 2.45) is 0 Å². The van der Waals surface area contributed by atoms with Crippen molar-refractivity contribution in [3.8, 4) is 11.5 Å². The van der Waals surface area contributed by atoms with E-state index in [0.29, 0.717) is 11.5 Å². The predicted octanol–water partition coefficient (Wildman–Crippen LogP) is 2.70. The van der Waals surface area contributed by atoms with Crippen LogP contribution in [0.4, 0.5) is 5.69 Å². The Morgan fingerprint density at radius 2 is 2.25 bits per heavy atom. The third kappa shape index (κ3) is 3.61. The fourth-order valence-electron chi connectivity index (χ4n) is 1.80. The number of thiazole rings is 1. The monoisotopic (exact) mass is 294 g/mol. The minimum absolute atomic E-state index is 0.0297. The van der Waals surface area contributed by atoms with E-state index in [0.717, 1.165) is 5.69 Å². The number of aliphatic hydroxyl groups is 1. The third-order valence-corrected chi connectivity index (χ3v) is 3.73. The number of methoxy groups -OCH3 is 1. The normalized spacial score (nSPS) is 11.9. The van der Waals surface area contributed by atoms with Gasteiger partial charge in [-0.05, 0) is 19.1 Å². The molecule has 0 aliphatic rings. The summed E-state index contributed by atoms with van der Waals surface area (Å²) in [4.78, 5) is 5.24. The second-order valence-corrected chi connectivity index (χ2v) is 5.13. The van der Waals surface area contributed by atoms with E-state index in [1.165, 1.54) is 4.88 Å². The van der Waals surface area contributed by atoms with Gasteiger partial charge in [0.25, 0.3) is 0 Å². The molecule has 1 unspecified atom stereocenters. The van der Waals surface area contributed by atoms with Gasteiger partial charge < -0.3 is 19.9 Å². The summed E-state index contributed by atoms with van der Waals surface area (Å²) in [5.74, 6) is 1.26. The molecule has 0 fully saturated rings. The maximum Gasteiger partial charge on any atom is 0.163 e. The quantitative estimate of drug-likeness (QED) is 0.822. The first-order chi connectivity index (χ1) is 9.74. The summed E-state index contributed by atoms with van der Waals surface area (Å²) in [5, 5.41) is 12.2. The molecule has 0 radical (unpaired) electrons. The number of aliphatic hydroxyl groups excluding tert-OH is 1. The molecule has 1 atom stereocenters. The molecule has 108 valence electrons. The van der Waals surface area contributed by atoms with Crippen LogP contribution in [0.1, 0.15) is 17.8 Å². The van der Waals surface area contributed by atoms with Crippen LogP contribution in [0.5, 0.6) is 11.5 Å². The number of rotatable bonds is 7. The van der Waals surface area contributed by atoms with E-state index >= 15 is 0 Å². The summed E-state index contributed by atoms with van der Waals surface area (Å²) in [5.41, 5.74) is 2.75. The highest BCUT2D eigenvalue weighted by Crippen LogP contribution is 2.32. The van der Waals surface area contributed by atoms with E-state index in [-0.39, 0.29) is 19.3 Å². The zero-order chi connectivity index (χ0) is 14.4. The van der Waals surface area contributed by atoms with Gasteiger partial charge in [-0.3, -0.25) is 4.98 Å². The van der Waals surface area contributed by atoms with Gasteiger partial charge in [0.15, 0.2) is 11.5 Å². The number of benzene rings is 1. The first-order valence-electron chi connectivity index (χ1n) is 6.31. The van der Waals surface area contributed by atoms with Crippen LogP contribution in [0, 0.1) is 0 Å². The standard InChI is InChI=1S/C14H18N2O3S/c1-10(14-8-15-9-20-14)16-11-3-4-12(18-2)13(7-11)19-6-5-17/h3-4,7-10,16-17H,5-6H2,1-2H3. The van der Waals surface area contributed by atoms with Crippen molar-refractivity contribution in [3.05, 3.63) is 34.8 Å². The van der Waals surface area contributed by atoms with Crippen LogP contribution in [0.2, 0.25) is 0 Å². The minimum atomic E-state index is -0.0297. The van der Waals surface area contributed by atoms with Gasteiger partial charge in [-0.2, -0.15) is 0 Å². The second-order valence-electron chi connectivity index (χ2n) is 4.21. The van der Waals surface area contributed by atoms with Crippen molar-refractivity contribution in [1.29, 1.82) is 0 Å². The molecule has 0 saturated carbocycles. The third-order valence-electron chi connectivity index (χ3n) is 2.77. The van der Waals surface area contributed by atoms with Gasteiger partial charge >= 0.3 is 0 Å². The smallest absolute Gasteiger partial charge is 0.163 e. The molecule has 1 heterocycles.